The van der Waals surface area contributed by atoms with Gasteiger partial charge in [0.25, 0.3) is 11.8 Å². The molecule has 0 aliphatic carbocycles. The molecule has 1 atom stereocenters. The number of carbonyl (C=O) groups excluding carboxylic acids is 3. The molecule has 0 aromatic heterocycles. The van der Waals surface area contributed by atoms with E-state index >= 15 is 0 Å². The van der Waals surface area contributed by atoms with Crippen LogP contribution in [0.4, 0.5) is 0 Å². The Labute approximate surface area is 173 Å². The second-order valence-electron chi connectivity index (χ2n) is 6.18. The minimum Gasteiger partial charge on any atom is -0.454 e. The van der Waals surface area contributed by atoms with Crippen LogP contribution in [0.15, 0.2) is 42.5 Å². The number of aryl methyl sites for hydroxylation is 1. The Morgan fingerprint density at radius 1 is 1.07 bits per heavy atom. The van der Waals surface area contributed by atoms with Crippen LogP contribution in [-0.4, -0.2) is 30.9 Å². The maximum absolute atomic E-state index is 12.0. The predicted octanol–water partition coefficient (Wildman–Crippen LogP) is 3.45. The number of halogens is 2. The SMILES string of the molecule is Cc1cccc(C(=O)NCC(=O)OCC(=O)NC(C)c2ccc(Cl)c(Cl)c2)c1. The molecule has 148 valence electrons. The lowest BCUT2D eigenvalue weighted by Crippen LogP contribution is -2.34. The van der Waals surface area contributed by atoms with Crippen LogP contribution in [0.5, 0.6) is 0 Å². The highest BCUT2D eigenvalue weighted by atomic mass is 35.5. The monoisotopic (exact) mass is 422 g/mol. The summed E-state index contributed by atoms with van der Waals surface area (Å²) in [5, 5.41) is 5.95. The van der Waals surface area contributed by atoms with E-state index in [4.69, 9.17) is 27.9 Å². The molecule has 6 nitrogen and oxygen atoms in total. The van der Waals surface area contributed by atoms with Crippen molar-refractivity contribution in [1.29, 1.82) is 0 Å². The summed E-state index contributed by atoms with van der Waals surface area (Å²) < 4.78 is 4.88. The molecule has 8 heteroatoms. The van der Waals surface area contributed by atoms with Gasteiger partial charge in [-0.15, -0.1) is 0 Å². The van der Waals surface area contributed by atoms with Crippen molar-refractivity contribution in [3.63, 3.8) is 0 Å². The summed E-state index contributed by atoms with van der Waals surface area (Å²) in [5.41, 5.74) is 2.14. The lowest BCUT2D eigenvalue weighted by molar-refractivity contribution is -0.147. The molecule has 2 amide bonds. The molecule has 0 heterocycles. The average Bonchev–Trinajstić information content (AvgIpc) is 2.66. The Bertz CT molecular complexity index is 886. The van der Waals surface area contributed by atoms with Crippen LogP contribution in [0.25, 0.3) is 0 Å². The Morgan fingerprint density at radius 2 is 1.82 bits per heavy atom. The topological polar surface area (TPSA) is 84.5 Å². The highest BCUT2D eigenvalue weighted by Crippen LogP contribution is 2.25. The van der Waals surface area contributed by atoms with Gasteiger partial charge < -0.3 is 15.4 Å². The van der Waals surface area contributed by atoms with Crippen molar-refractivity contribution in [3.8, 4) is 0 Å². The number of nitrogens with one attached hydrogen (secondary N) is 2. The van der Waals surface area contributed by atoms with Gasteiger partial charge in [-0.1, -0.05) is 47.0 Å². The molecular formula is C20H20Cl2N2O4. The molecular weight excluding hydrogens is 403 g/mol. The molecule has 0 aliphatic heterocycles. The van der Waals surface area contributed by atoms with Crippen molar-refractivity contribution in [2.45, 2.75) is 19.9 Å². The summed E-state index contributed by atoms with van der Waals surface area (Å²) in [6.07, 6.45) is 0. The first-order valence-electron chi connectivity index (χ1n) is 8.51. The van der Waals surface area contributed by atoms with Crippen molar-refractivity contribution >= 4 is 41.0 Å². The van der Waals surface area contributed by atoms with E-state index in [2.05, 4.69) is 10.6 Å². The van der Waals surface area contributed by atoms with E-state index in [0.29, 0.717) is 15.6 Å². The van der Waals surface area contributed by atoms with Crippen LogP contribution in [0.1, 0.15) is 34.5 Å². The molecule has 2 rings (SSSR count). The van der Waals surface area contributed by atoms with E-state index in [0.717, 1.165) is 11.1 Å². The van der Waals surface area contributed by atoms with Gasteiger partial charge in [0.1, 0.15) is 6.54 Å². The summed E-state index contributed by atoms with van der Waals surface area (Å²) in [6, 6.07) is 11.7. The van der Waals surface area contributed by atoms with Crippen molar-refractivity contribution < 1.29 is 19.1 Å². The van der Waals surface area contributed by atoms with E-state index in [1.165, 1.54) is 0 Å². The highest BCUT2D eigenvalue weighted by Gasteiger charge is 2.14. The van der Waals surface area contributed by atoms with E-state index in [-0.39, 0.29) is 12.6 Å². The summed E-state index contributed by atoms with van der Waals surface area (Å²) in [7, 11) is 0. The van der Waals surface area contributed by atoms with E-state index in [1.807, 2.05) is 13.0 Å². The van der Waals surface area contributed by atoms with Gasteiger partial charge in [-0.2, -0.15) is 0 Å². The minimum absolute atomic E-state index is 0.331. The molecule has 0 fully saturated rings. The number of amides is 2. The van der Waals surface area contributed by atoms with Gasteiger partial charge in [0.15, 0.2) is 6.61 Å². The largest absolute Gasteiger partial charge is 0.454 e. The van der Waals surface area contributed by atoms with Gasteiger partial charge in [0.05, 0.1) is 16.1 Å². The maximum atomic E-state index is 12.0. The first kappa shape index (κ1) is 21.7. The van der Waals surface area contributed by atoms with Gasteiger partial charge in [0.2, 0.25) is 0 Å². The zero-order valence-electron chi connectivity index (χ0n) is 15.4. The standard InChI is InChI=1S/C20H20Cl2N2O4/c1-12-4-3-5-15(8-12)20(27)23-10-19(26)28-11-18(25)24-13(2)14-6-7-16(21)17(22)9-14/h3-9,13H,10-11H2,1-2H3,(H,23,27)(H,24,25). The Hall–Kier alpha value is -2.57. The zero-order chi connectivity index (χ0) is 20.7. The molecule has 2 N–H and O–H groups in total. The molecule has 0 radical (unpaired) electrons. The fourth-order valence-corrected chi connectivity index (χ4v) is 2.69. The van der Waals surface area contributed by atoms with Gasteiger partial charge in [-0.05, 0) is 43.7 Å². The smallest absolute Gasteiger partial charge is 0.325 e. The number of hydrogen-bond acceptors (Lipinski definition) is 4. The fraction of sp³-hybridized carbons (Fsp3) is 0.250. The van der Waals surface area contributed by atoms with E-state index in [1.54, 1.807) is 43.3 Å². The van der Waals surface area contributed by atoms with Crippen LogP contribution in [0.2, 0.25) is 10.0 Å². The zero-order valence-corrected chi connectivity index (χ0v) is 16.9. The quantitative estimate of drug-likeness (QED) is 0.669. The van der Waals surface area contributed by atoms with Crippen LogP contribution < -0.4 is 10.6 Å². The molecule has 0 saturated carbocycles. The number of hydrogen-bond donors (Lipinski definition) is 2. The summed E-state index contributed by atoms with van der Waals surface area (Å²) in [6.45, 7) is 2.84. The molecule has 1 unspecified atom stereocenters. The predicted molar refractivity (Wildman–Crippen MR) is 107 cm³/mol. The van der Waals surface area contributed by atoms with Crippen LogP contribution in [0, 0.1) is 6.92 Å². The molecule has 0 aliphatic rings. The first-order valence-corrected chi connectivity index (χ1v) is 9.26. The number of esters is 1. The van der Waals surface area contributed by atoms with E-state index in [9.17, 15) is 14.4 Å². The van der Waals surface area contributed by atoms with Gasteiger partial charge >= 0.3 is 5.97 Å². The molecule has 0 spiro atoms. The van der Waals surface area contributed by atoms with Crippen LogP contribution in [0.3, 0.4) is 0 Å². The molecule has 0 bridgehead atoms. The minimum atomic E-state index is -0.710. The summed E-state index contributed by atoms with van der Waals surface area (Å²) in [4.78, 5) is 35.7. The molecule has 2 aromatic rings. The average molecular weight is 423 g/mol. The first-order chi connectivity index (χ1) is 13.3. The second-order valence-corrected chi connectivity index (χ2v) is 6.99. The highest BCUT2D eigenvalue weighted by molar-refractivity contribution is 6.42. The van der Waals surface area contributed by atoms with Gasteiger partial charge in [-0.3, -0.25) is 14.4 Å². The third kappa shape index (κ3) is 6.55. The van der Waals surface area contributed by atoms with Crippen molar-refractivity contribution in [1.82, 2.24) is 10.6 Å². The third-order valence-corrected chi connectivity index (χ3v) is 4.60. The summed E-state index contributed by atoms with van der Waals surface area (Å²) >= 11 is 11.8. The van der Waals surface area contributed by atoms with Crippen LogP contribution in [-0.2, 0) is 14.3 Å². The fourth-order valence-electron chi connectivity index (χ4n) is 2.39. The molecule has 28 heavy (non-hydrogen) atoms. The lowest BCUT2D eigenvalue weighted by atomic mass is 10.1. The third-order valence-electron chi connectivity index (χ3n) is 3.86. The number of carbonyl (C=O) groups is 3. The van der Waals surface area contributed by atoms with Gasteiger partial charge in [0, 0.05) is 5.56 Å². The Kier molecular flexibility index (Phi) is 7.84. The lowest BCUT2D eigenvalue weighted by Gasteiger charge is -2.15. The van der Waals surface area contributed by atoms with Crippen molar-refractivity contribution in [2.75, 3.05) is 13.2 Å². The molecule has 0 saturated heterocycles. The van der Waals surface area contributed by atoms with Crippen LogP contribution >= 0.6 is 23.2 Å². The summed E-state index contributed by atoms with van der Waals surface area (Å²) in [5.74, 6) is -1.58. The Balaban J connectivity index is 1.75. The Morgan fingerprint density at radius 3 is 2.50 bits per heavy atom. The van der Waals surface area contributed by atoms with E-state index < -0.39 is 24.4 Å². The van der Waals surface area contributed by atoms with Crippen molar-refractivity contribution in [3.05, 3.63) is 69.2 Å². The van der Waals surface area contributed by atoms with Crippen molar-refractivity contribution in [2.24, 2.45) is 0 Å². The maximum Gasteiger partial charge on any atom is 0.325 e. The number of rotatable bonds is 7. The van der Waals surface area contributed by atoms with Gasteiger partial charge in [-0.25, -0.2) is 0 Å². The normalized spacial score (nSPS) is 11.4. The molecule has 2 aromatic carbocycles. The number of ether oxygens (including phenoxy) is 1. The number of benzene rings is 2. The second kappa shape index (κ2) is 10.1.